The normalized spacial score (nSPS) is 12.2. The van der Waals surface area contributed by atoms with Crippen LogP contribution in [0.4, 0.5) is 11.6 Å². The van der Waals surface area contributed by atoms with Crippen LogP contribution in [0.1, 0.15) is 11.3 Å². The summed E-state index contributed by atoms with van der Waals surface area (Å²) in [7, 11) is 7.34. The Labute approximate surface area is 219 Å². The maximum atomic E-state index is 12.0. The Bertz CT molecular complexity index is 1640. The number of carbonyl (C=O) groups is 1. The zero-order valence-electron chi connectivity index (χ0n) is 21.8. The minimum absolute atomic E-state index is 0.0326. The van der Waals surface area contributed by atoms with E-state index in [1.165, 1.54) is 4.90 Å². The van der Waals surface area contributed by atoms with Crippen molar-refractivity contribution in [1.82, 2.24) is 44.2 Å². The largest absolute Gasteiger partial charge is 0.347 e. The lowest BCUT2D eigenvalue weighted by atomic mass is 9.91. The number of benzene rings is 1. The molecule has 11 heteroatoms. The van der Waals surface area contributed by atoms with Crippen molar-refractivity contribution in [2.45, 2.75) is 19.4 Å². The van der Waals surface area contributed by atoms with E-state index in [-0.39, 0.29) is 12.5 Å². The van der Waals surface area contributed by atoms with Crippen LogP contribution in [0, 0.1) is 0 Å². The third-order valence-electron chi connectivity index (χ3n) is 6.73. The van der Waals surface area contributed by atoms with Crippen molar-refractivity contribution in [2.75, 3.05) is 19.4 Å². The summed E-state index contributed by atoms with van der Waals surface area (Å²) in [5.41, 5.74) is 9.06. The average molecular weight is 509 g/mol. The number of aryl methyl sites for hydroxylation is 4. The van der Waals surface area contributed by atoms with Gasteiger partial charge in [0.2, 0.25) is 11.9 Å². The van der Waals surface area contributed by atoms with Crippen LogP contribution in [-0.4, -0.2) is 64.2 Å². The van der Waals surface area contributed by atoms with Crippen LogP contribution in [-0.2, 0) is 38.3 Å². The second-order valence-electron chi connectivity index (χ2n) is 9.68. The average Bonchev–Trinajstić information content (AvgIpc) is 3.62. The van der Waals surface area contributed by atoms with E-state index in [2.05, 4.69) is 44.8 Å². The quantitative estimate of drug-likeness (QED) is 0.375. The summed E-state index contributed by atoms with van der Waals surface area (Å²) in [6, 6.07) is 8.47. The molecule has 1 aliphatic carbocycles. The highest BCUT2D eigenvalue weighted by Crippen LogP contribution is 2.40. The zero-order valence-corrected chi connectivity index (χ0v) is 21.8. The monoisotopic (exact) mass is 508 g/mol. The Morgan fingerprint density at radius 1 is 0.974 bits per heavy atom. The first-order valence-electron chi connectivity index (χ1n) is 12.4. The molecule has 5 aromatic rings. The highest BCUT2D eigenvalue weighted by molar-refractivity contribution is 5.85. The minimum atomic E-state index is -0.0326. The minimum Gasteiger partial charge on any atom is -0.347 e. The van der Waals surface area contributed by atoms with E-state index in [0.29, 0.717) is 11.6 Å². The van der Waals surface area contributed by atoms with Crippen LogP contribution in [0.25, 0.3) is 33.6 Å². The molecule has 6 rings (SSSR count). The topological polar surface area (TPSA) is 112 Å². The first kappa shape index (κ1) is 23.6. The van der Waals surface area contributed by atoms with Crippen molar-refractivity contribution < 1.29 is 4.79 Å². The van der Waals surface area contributed by atoms with Crippen molar-refractivity contribution in [3.8, 4) is 33.6 Å². The first-order valence-corrected chi connectivity index (χ1v) is 12.4. The summed E-state index contributed by atoms with van der Waals surface area (Å²) in [6.07, 6.45) is 10.9. The number of anilines is 2. The van der Waals surface area contributed by atoms with Gasteiger partial charge in [-0.15, -0.1) is 0 Å². The van der Waals surface area contributed by atoms with Crippen LogP contribution in [0.3, 0.4) is 0 Å². The van der Waals surface area contributed by atoms with E-state index in [1.54, 1.807) is 35.9 Å². The number of nitrogens with one attached hydrogen (secondary N) is 1. The van der Waals surface area contributed by atoms with Gasteiger partial charge in [-0.3, -0.25) is 18.8 Å². The Kier molecular flexibility index (Phi) is 5.74. The van der Waals surface area contributed by atoms with E-state index in [0.717, 1.165) is 57.7 Å². The second kappa shape index (κ2) is 9.25. The molecule has 0 fully saturated rings. The maximum absolute atomic E-state index is 12.0. The van der Waals surface area contributed by atoms with E-state index in [1.807, 2.05) is 37.4 Å². The molecule has 11 nitrogen and oxygen atoms in total. The van der Waals surface area contributed by atoms with E-state index < -0.39 is 0 Å². The van der Waals surface area contributed by atoms with E-state index in [4.69, 9.17) is 10.1 Å². The third kappa shape index (κ3) is 4.32. The van der Waals surface area contributed by atoms with Gasteiger partial charge in [-0.1, -0.05) is 24.3 Å². The molecule has 4 aromatic heterocycles. The van der Waals surface area contributed by atoms with Gasteiger partial charge in [-0.2, -0.15) is 15.3 Å². The number of aromatic nitrogens is 8. The highest BCUT2D eigenvalue weighted by Gasteiger charge is 2.27. The summed E-state index contributed by atoms with van der Waals surface area (Å²) in [6.45, 7) is 0.168. The standard InChI is InChI=1S/C27H28N10O/c1-34(2)23(38)16-37-15-21(13-30-37)31-27-28-11-19-9-10-22-24(25(19)32-27)26(36(4)33-22)18-7-5-17(6-8-18)20-12-29-35(3)14-20/h5-8,11-15H,9-10,16H2,1-4H3,(H,28,31,32). The highest BCUT2D eigenvalue weighted by atomic mass is 16.2. The molecular weight excluding hydrogens is 480 g/mol. The Morgan fingerprint density at radius 3 is 2.50 bits per heavy atom. The molecule has 192 valence electrons. The molecule has 0 saturated heterocycles. The van der Waals surface area contributed by atoms with Crippen LogP contribution >= 0.6 is 0 Å². The summed E-state index contributed by atoms with van der Waals surface area (Å²) >= 11 is 0. The second-order valence-corrected chi connectivity index (χ2v) is 9.68. The lowest BCUT2D eigenvalue weighted by Crippen LogP contribution is -2.26. The Hall–Kier alpha value is -4.80. The predicted molar refractivity (Wildman–Crippen MR) is 143 cm³/mol. The van der Waals surface area contributed by atoms with Crippen LogP contribution in [0.2, 0.25) is 0 Å². The van der Waals surface area contributed by atoms with Crippen molar-refractivity contribution in [1.29, 1.82) is 0 Å². The fourth-order valence-electron chi connectivity index (χ4n) is 4.77. The summed E-state index contributed by atoms with van der Waals surface area (Å²) in [5, 5.41) is 16.6. The summed E-state index contributed by atoms with van der Waals surface area (Å²) < 4.78 is 5.34. The van der Waals surface area contributed by atoms with Gasteiger partial charge < -0.3 is 10.2 Å². The van der Waals surface area contributed by atoms with Gasteiger partial charge in [0, 0.05) is 63.5 Å². The van der Waals surface area contributed by atoms with Crippen molar-refractivity contribution in [3.63, 3.8) is 0 Å². The molecule has 0 saturated carbocycles. The predicted octanol–water partition coefficient (Wildman–Crippen LogP) is 3.07. The third-order valence-corrected chi connectivity index (χ3v) is 6.73. The summed E-state index contributed by atoms with van der Waals surface area (Å²) in [5.74, 6) is 0.437. The number of amides is 1. The van der Waals surface area contributed by atoms with Gasteiger partial charge in [0.25, 0.3) is 0 Å². The molecule has 1 aromatic carbocycles. The van der Waals surface area contributed by atoms with Gasteiger partial charge in [0.15, 0.2) is 0 Å². The molecule has 4 heterocycles. The smallest absolute Gasteiger partial charge is 0.243 e. The summed E-state index contributed by atoms with van der Waals surface area (Å²) in [4.78, 5) is 23.0. The number of nitrogens with zero attached hydrogens (tertiary/aromatic N) is 9. The Balaban J connectivity index is 1.32. The van der Waals surface area contributed by atoms with Crippen molar-refractivity contribution in [3.05, 3.63) is 66.5 Å². The number of rotatable bonds is 6. The molecule has 1 N–H and O–H groups in total. The van der Waals surface area contributed by atoms with Gasteiger partial charge in [0.1, 0.15) is 6.54 Å². The van der Waals surface area contributed by atoms with Crippen LogP contribution in [0.15, 0.2) is 55.2 Å². The molecule has 0 aliphatic heterocycles. The van der Waals surface area contributed by atoms with Crippen molar-refractivity contribution >= 4 is 17.5 Å². The molecule has 0 unspecified atom stereocenters. The first-order chi connectivity index (χ1) is 18.4. The number of hydrogen-bond donors (Lipinski definition) is 1. The molecular formula is C27H28N10O. The van der Waals surface area contributed by atoms with E-state index >= 15 is 0 Å². The number of hydrogen-bond acceptors (Lipinski definition) is 7. The lowest BCUT2D eigenvalue weighted by molar-refractivity contribution is -0.129. The van der Waals surface area contributed by atoms with Gasteiger partial charge in [0.05, 0.1) is 35.2 Å². The number of carbonyl (C=O) groups excluding carboxylic acids is 1. The fraction of sp³-hybridized carbons (Fsp3) is 0.259. The van der Waals surface area contributed by atoms with Gasteiger partial charge >= 0.3 is 0 Å². The molecule has 0 spiro atoms. The van der Waals surface area contributed by atoms with Crippen LogP contribution < -0.4 is 5.32 Å². The SMILES string of the molecule is CN(C)C(=O)Cn1cc(Nc2ncc3c(n2)-c2c(nn(C)c2-c2ccc(-c4cnn(C)c4)cc2)CC3)cn1. The molecule has 1 aliphatic rings. The van der Waals surface area contributed by atoms with E-state index in [9.17, 15) is 4.79 Å². The molecule has 0 atom stereocenters. The number of fused-ring (bicyclic) bond motifs is 3. The lowest BCUT2D eigenvalue weighted by Gasteiger charge is -2.17. The number of likely N-dealkylation sites (N-methyl/N-ethyl adjacent to an activating group) is 1. The van der Waals surface area contributed by atoms with Gasteiger partial charge in [-0.05, 0) is 24.0 Å². The molecule has 0 radical (unpaired) electrons. The maximum Gasteiger partial charge on any atom is 0.243 e. The molecule has 0 bridgehead atoms. The molecule has 1 amide bonds. The van der Waals surface area contributed by atoms with Gasteiger partial charge in [-0.25, -0.2) is 9.97 Å². The van der Waals surface area contributed by atoms with Crippen molar-refractivity contribution in [2.24, 2.45) is 14.1 Å². The fourth-order valence-corrected chi connectivity index (χ4v) is 4.77. The zero-order chi connectivity index (χ0) is 26.4. The Morgan fingerprint density at radius 2 is 1.76 bits per heavy atom. The molecule has 38 heavy (non-hydrogen) atoms. The van der Waals surface area contributed by atoms with Crippen LogP contribution in [0.5, 0.6) is 0 Å².